The molecule has 0 spiro atoms. The van der Waals surface area contributed by atoms with Crippen LogP contribution in [-0.4, -0.2) is 16.0 Å². The number of Topliss-reactive ketones (excluding diaryl/α,β-unsaturated/α-hetero) is 1. The number of H-pyrrole nitrogens is 1. The van der Waals surface area contributed by atoms with E-state index in [1.54, 1.807) is 13.1 Å². The summed E-state index contributed by atoms with van der Waals surface area (Å²) in [6.07, 6.45) is 2.26. The van der Waals surface area contributed by atoms with Crippen molar-refractivity contribution in [2.24, 2.45) is 0 Å². The lowest BCUT2D eigenvalue weighted by molar-refractivity contribution is -0.117. The van der Waals surface area contributed by atoms with E-state index in [0.717, 1.165) is 32.6 Å². The van der Waals surface area contributed by atoms with Crippen molar-refractivity contribution in [2.75, 3.05) is 0 Å². The summed E-state index contributed by atoms with van der Waals surface area (Å²) in [4.78, 5) is 11.7. The van der Waals surface area contributed by atoms with Crippen LogP contribution in [0, 0.1) is 6.92 Å². The number of hydrogen-bond acceptors (Lipinski definition) is 3. The minimum absolute atomic E-state index is 0.00330. The minimum Gasteiger partial charge on any atom is -0.489 e. The summed E-state index contributed by atoms with van der Waals surface area (Å²) in [6.45, 7) is 4.10. The summed E-state index contributed by atoms with van der Waals surface area (Å²) in [5, 5.41) is 7.06. The van der Waals surface area contributed by atoms with Gasteiger partial charge in [-0.1, -0.05) is 46.3 Å². The summed E-state index contributed by atoms with van der Waals surface area (Å²) in [6, 6.07) is 16.0. The highest BCUT2D eigenvalue weighted by molar-refractivity contribution is 9.10. The van der Waals surface area contributed by atoms with Gasteiger partial charge in [0.2, 0.25) is 0 Å². The fourth-order valence-corrected chi connectivity index (χ4v) is 3.38. The van der Waals surface area contributed by atoms with Gasteiger partial charge in [-0.3, -0.25) is 9.89 Å². The lowest BCUT2D eigenvalue weighted by Gasteiger charge is -2.16. The maximum absolute atomic E-state index is 11.7. The van der Waals surface area contributed by atoms with Gasteiger partial charge in [0.1, 0.15) is 18.1 Å². The van der Waals surface area contributed by atoms with Crippen LogP contribution < -0.4 is 4.74 Å². The second-order valence-electron chi connectivity index (χ2n) is 6.36. The molecule has 1 heterocycles. The second-order valence-corrected chi connectivity index (χ2v) is 7.21. The molecular weight excluding hydrogens is 392 g/mol. The Morgan fingerprint density at radius 1 is 1.19 bits per heavy atom. The molecule has 4 nitrogen and oxygen atoms in total. The Morgan fingerprint density at radius 2 is 1.92 bits per heavy atom. The zero-order chi connectivity index (χ0) is 18.5. The zero-order valence-electron chi connectivity index (χ0n) is 14.8. The second kappa shape index (κ2) is 8.32. The normalized spacial score (nSPS) is 12.0. The third-order valence-corrected chi connectivity index (χ3v) is 5.14. The highest BCUT2D eigenvalue weighted by Crippen LogP contribution is 2.31. The van der Waals surface area contributed by atoms with E-state index >= 15 is 0 Å². The van der Waals surface area contributed by atoms with Crippen molar-refractivity contribution in [1.82, 2.24) is 10.2 Å². The highest BCUT2D eigenvalue weighted by atomic mass is 79.9. The van der Waals surface area contributed by atoms with Gasteiger partial charge in [-0.15, -0.1) is 0 Å². The standard InChI is InChI=1S/C21H21BrN2O2/c1-14(25)11-19(20-12-23-24-15(20)2)16-7-9-18(10-8-16)26-13-17-5-3-4-6-21(17)22/h3-10,12,19H,11,13H2,1-2H3,(H,23,24). The van der Waals surface area contributed by atoms with Gasteiger partial charge < -0.3 is 4.74 Å². The fraction of sp³-hybridized carbons (Fsp3) is 0.238. The molecule has 1 atom stereocenters. The molecule has 0 aliphatic carbocycles. The number of ketones is 1. The number of carbonyl (C=O) groups excluding carboxylic acids is 1. The lowest BCUT2D eigenvalue weighted by Crippen LogP contribution is -2.07. The molecule has 5 heteroatoms. The van der Waals surface area contributed by atoms with E-state index in [-0.39, 0.29) is 11.7 Å². The third kappa shape index (κ3) is 4.41. The Labute approximate surface area is 161 Å². The van der Waals surface area contributed by atoms with E-state index in [1.807, 2.05) is 55.5 Å². The van der Waals surface area contributed by atoms with E-state index in [1.165, 1.54) is 0 Å². The van der Waals surface area contributed by atoms with Gasteiger partial charge in [0.05, 0.1) is 6.20 Å². The van der Waals surface area contributed by atoms with Crippen molar-refractivity contribution in [3.8, 4) is 5.75 Å². The zero-order valence-corrected chi connectivity index (χ0v) is 16.4. The number of benzene rings is 2. The number of aromatic nitrogens is 2. The van der Waals surface area contributed by atoms with Gasteiger partial charge in [0, 0.05) is 33.6 Å². The number of aryl methyl sites for hydroxylation is 1. The Kier molecular flexibility index (Phi) is 5.89. The summed E-state index contributed by atoms with van der Waals surface area (Å²) in [7, 11) is 0. The summed E-state index contributed by atoms with van der Waals surface area (Å²) >= 11 is 3.53. The Hall–Kier alpha value is -2.40. The molecule has 1 unspecified atom stereocenters. The SMILES string of the molecule is CC(=O)CC(c1ccc(OCc2ccccc2Br)cc1)c1cn[nH]c1C. The van der Waals surface area contributed by atoms with Crippen LogP contribution in [0.25, 0.3) is 0 Å². The smallest absolute Gasteiger partial charge is 0.130 e. The van der Waals surface area contributed by atoms with E-state index in [2.05, 4.69) is 26.1 Å². The van der Waals surface area contributed by atoms with Crippen molar-refractivity contribution in [2.45, 2.75) is 32.8 Å². The van der Waals surface area contributed by atoms with Crippen LogP contribution >= 0.6 is 15.9 Å². The lowest BCUT2D eigenvalue weighted by atomic mass is 9.87. The maximum atomic E-state index is 11.7. The maximum Gasteiger partial charge on any atom is 0.130 e. The van der Waals surface area contributed by atoms with E-state index in [0.29, 0.717) is 13.0 Å². The van der Waals surface area contributed by atoms with Crippen LogP contribution in [0.15, 0.2) is 59.2 Å². The van der Waals surface area contributed by atoms with Gasteiger partial charge in [-0.05, 0) is 37.6 Å². The highest BCUT2D eigenvalue weighted by Gasteiger charge is 2.19. The molecule has 0 radical (unpaired) electrons. The Balaban J connectivity index is 1.75. The molecule has 3 rings (SSSR count). The first-order chi connectivity index (χ1) is 12.5. The Bertz CT molecular complexity index is 887. The molecule has 3 aromatic rings. The number of halogens is 1. The van der Waals surface area contributed by atoms with Crippen LogP contribution in [0.3, 0.4) is 0 Å². The molecule has 2 aromatic carbocycles. The first-order valence-corrected chi connectivity index (χ1v) is 9.29. The topological polar surface area (TPSA) is 55.0 Å². The molecular formula is C21H21BrN2O2. The molecule has 0 saturated heterocycles. The number of aromatic amines is 1. The monoisotopic (exact) mass is 412 g/mol. The number of rotatable bonds is 7. The average molecular weight is 413 g/mol. The number of nitrogens with one attached hydrogen (secondary N) is 1. The number of ether oxygens (including phenoxy) is 1. The number of carbonyl (C=O) groups is 1. The molecule has 0 amide bonds. The molecule has 26 heavy (non-hydrogen) atoms. The first kappa shape index (κ1) is 18.4. The van der Waals surface area contributed by atoms with Crippen molar-refractivity contribution < 1.29 is 9.53 Å². The molecule has 0 aliphatic rings. The van der Waals surface area contributed by atoms with Crippen LogP contribution in [0.2, 0.25) is 0 Å². The largest absolute Gasteiger partial charge is 0.489 e. The quantitative estimate of drug-likeness (QED) is 0.582. The van der Waals surface area contributed by atoms with E-state index in [9.17, 15) is 4.79 Å². The van der Waals surface area contributed by atoms with Crippen LogP contribution in [-0.2, 0) is 11.4 Å². The predicted molar refractivity (Wildman–Crippen MR) is 105 cm³/mol. The summed E-state index contributed by atoms with van der Waals surface area (Å²) < 4.78 is 6.92. The number of nitrogens with zero attached hydrogens (tertiary/aromatic N) is 1. The molecule has 0 fully saturated rings. The molecule has 134 valence electrons. The van der Waals surface area contributed by atoms with Gasteiger partial charge >= 0.3 is 0 Å². The average Bonchev–Trinajstić information content (AvgIpc) is 3.05. The van der Waals surface area contributed by atoms with Crippen molar-refractivity contribution in [1.29, 1.82) is 0 Å². The van der Waals surface area contributed by atoms with Gasteiger partial charge in [0.25, 0.3) is 0 Å². The molecule has 1 aromatic heterocycles. The third-order valence-electron chi connectivity index (χ3n) is 4.37. The summed E-state index contributed by atoms with van der Waals surface area (Å²) in [5.41, 5.74) is 4.23. The van der Waals surface area contributed by atoms with E-state index in [4.69, 9.17) is 4.74 Å². The van der Waals surface area contributed by atoms with Gasteiger partial charge in [-0.25, -0.2) is 0 Å². The minimum atomic E-state index is 0.00330. The molecule has 0 bridgehead atoms. The van der Waals surface area contributed by atoms with Crippen molar-refractivity contribution in [3.63, 3.8) is 0 Å². The van der Waals surface area contributed by atoms with Crippen molar-refractivity contribution in [3.05, 3.63) is 81.6 Å². The van der Waals surface area contributed by atoms with Gasteiger partial charge in [0.15, 0.2) is 0 Å². The van der Waals surface area contributed by atoms with E-state index < -0.39 is 0 Å². The van der Waals surface area contributed by atoms with Crippen LogP contribution in [0.5, 0.6) is 5.75 Å². The molecule has 0 saturated carbocycles. The Morgan fingerprint density at radius 3 is 2.54 bits per heavy atom. The number of hydrogen-bond donors (Lipinski definition) is 1. The first-order valence-electron chi connectivity index (χ1n) is 8.50. The summed E-state index contributed by atoms with van der Waals surface area (Å²) in [5.74, 6) is 0.961. The van der Waals surface area contributed by atoms with Crippen LogP contribution in [0.1, 0.15) is 41.6 Å². The van der Waals surface area contributed by atoms with Gasteiger partial charge in [-0.2, -0.15) is 5.10 Å². The predicted octanol–water partition coefficient (Wildman–Crippen LogP) is 5.17. The molecule has 1 N–H and O–H groups in total. The fourth-order valence-electron chi connectivity index (χ4n) is 2.98. The molecule has 0 aliphatic heterocycles. The van der Waals surface area contributed by atoms with Crippen LogP contribution in [0.4, 0.5) is 0 Å². The van der Waals surface area contributed by atoms with Crippen molar-refractivity contribution >= 4 is 21.7 Å².